The van der Waals surface area contributed by atoms with E-state index in [1.807, 2.05) is 38.1 Å². The van der Waals surface area contributed by atoms with Crippen LogP contribution in [0.25, 0.3) is 0 Å². The predicted molar refractivity (Wildman–Crippen MR) is 125 cm³/mol. The number of rotatable bonds is 9. The summed E-state index contributed by atoms with van der Waals surface area (Å²) in [5.41, 5.74) is 2.27. The van der Waals surface area contributed by atoms with Crippen LogP contribution in [0.3, 0.4) is 0 Å². The highest BCUT2D eigenvalue weighted by molar-refractivity contribution is 5.97. The third-order valence-corrected chi connectivity index (χ3v) is 5.95. The molecular weight excluding hydrogens is 406 g/mol. The maximum atomic E-state index is 12.8. The molecule has 7 heteroatoms. The van der Waals surface area contributed by atoms with Gasteiger partial charge < -0.3 is 19.7 Å². The number of methoxy groups -OCH3 is 2. The lowest BCUT2D eigenvalue weighted by molar-refractivity contribution is -0.117. The fraction of sp³-hybridized carbons (Fsp3) is 0.440. The second kappa shape index (κ2) is 11.0. The zero-order valence-electron chi connectivity index (χ0n) is 19.4. The molecule has 2 amide bonds. The SMILES string of the molecule is CCN(CC)C(=O)c1cccc(NC(=O)CN2CCCC2c2ccc(OC)cc2OC)c1. The number of amides is 2. The molecule has 1 aliphatic heterocycles. The predicted octanol–water partition coefficient (Wildman–Crippen LogP) is 3.96. The van der Waals surface area contributed by atoms with E-state index in [0.717, 1.165) is 36.4 Å². The first-order valence-corrected chi connectivity index (χ1v) is 11.2. The van der Waals surface area contributed by atoms with Gasteiger partial charge in [-0.05, 0) is 57.5 Å². The molecule has 1 unspecified atom stereocenters. The van der Waals surface area contributed by atoms with E-state index in [1.54, 1.807) is 37.3 Å². The number of carbonyl (C=O) groups excluding carboxylic acids is 2. The number of nitrogens with one attached hydrogen (secondary N) is 1. The lowest BCUT2D eigenvalue weighted by Crippen LogP contribution is -2.33. The number of hydrogen-bond donors (Lipinski definition) is 1. The summed E-state index contributed by atoms with van der Waals surface area (Å²) in [4.78, 5) is 29.4. The molecule has 0 saturated carbocycles. The molecule has 1 N–H and O–H groups in total. The van der Waals surface area contributed by atoms with E-state index in [2.05, 4.69) is 10.2 Å². The van der Waals surface area contributed by atoms with Crippen molar-refractivity contribution in [2.24, 2.45) is 0 Å². The molecular formula is C25H33N3O4. The van der Waals surface area contributed by atoms with Crippen LogP contribution in [0.15, 0.2) is 42.5 Å². The Morgan fingerprint density at radius 3 is 2.56 bits per heavy atom. The number of anilines is 1. The van der Waals surface area contributed by atoms with E-state index in [0.29, 0.717) is 24.3 Å². The third kappa shape index (κ3) is 5.40. The minimum Gasteiger partial charge on any atom is -0.497 e. The van der Waals surface area contributed by atoms with Gasteiger partial charge in [0.25, 0.3) is 5.91 Å². The first-order valence-electron chi connectivity index (χ1n) is 11.2. The Kier molecular flexibility index (Phi) is 8.11. The van der Waals surface area contributed by atoms with Gasteiger partial charge in [-0.15, -0.1) is 0 Å². The molecule has 1 fully saturated rings. The zero-order valence-corrected chi connectivity index (χ0v) is 19.4. The molecule has 1 atom stereocenters. The normalized spacial score (nSPS) is 15.9. The highest BCUT2D eigenvalue weighted by atomic mass is 16.5. The summed E-state index contributed by atoms with van der Waals surface area (Å²) in [5, 5.41) is 2.96. The quantitative estimate of drug-likeness (QED) is 0.640. The van der Waals surface area contributed by atoms with E-state index in [9.17, 15) is 9.59 Å². The van der Waals surface area contributed by atoms with Gasteiger partial charge in [0.2, 0.25) is 5.91 Å². The zero-order chi connectivity index (χ0) is 23.1. The Morgan fingerprint density at radius 1 is 1.09 bits per heavy atom. The molecule has 0 spiro atoms. The van der Waals surface area contributed by atoms with Crippen LogP contribution in [-0.2, 0) is 4.79 Å². The van der Waals surface area contributed by atoms with Crippen molar-refractivity contribution in [1.82, 2.24) is 9.80 Å². The van der Waals surface area contributed by atoms with Crippen LogP contribution in [0.2, 0.25) is 0 Å². The standard InChI is InChI=1S/C25H33N3O4/c1-5-27(6-2)25(30)18-9-7-10-19(15-18)26-24(29)17-28-14-8-11-22(28)21-13-12-20(31-3)16-23(21)32-4/h7,9-10,12-13,15-16,22H,5-6,8,11,14,17H2,1-4H3,(H,26,29). The average Bonchev–Trinajstić information content (AvgIpc) is 3.27. The van der Waals surface area contributed by atoms with Crippen LogP contribution in [0.4, 0.5) is 5.69 Å². The fourth-order valence-corrected chi connectivity index (χ4v) is 4.27. The van der Waals surface area contributed by atoms with Gasteiger partial charge in [0.1, 0.15) is 11.5 Å². The number of hydrogen-bond acceptors (Lipinski definition) is 5. The molecule has 0 radical (unpaired) electrons. The van der Waals surface area contributed by atoms with E-state index < -0.39 is 0 Å². The van der Waals surface area contributed by atoms with Crippen LogP contribution < -0.4 is 14.8 Å². The van der Waals surface area contributed by atoms with Gasteiger partial charge in [-0.3, -0.25) is 14.5 Å². The van der Waals surface area contributed by atoms with Crippen LogP contribution in [0, 0.1) is 0 Å². The van der Waals surface area contributed by atoms with Gasteiger partial charge in [-0.25, -0.2) is 0 Å². The number of carbonyl (C=O) groups is 2. The van der Waals surface area contributed by atoms with Crippen molar-refractivity contribution in [2.75, 3.05) is 45.7 Å². The second-order valence-corrected chi connectivity index (χ2v) is 7.84. The molecule has 0 bridgehead atoms. The minimum absolute atomic E-state index is 0.0303. The van der Waals surface area contributed by atoms with Crippen LogP contribution >= 0.6 is 0 Å². The number of likely N-dealkylation sites (tertiary alicyclic amines) is 1. The Morgan fingerprint density at radius 2 is 1.88 bits per heavy atom. The molecule has 1 aliphatic rings. The third-order valence-electron chi connectivity index (χ3n) is 5.95. The maximum Gasteiger partial charge on any atom is 0.253 e. The molecule has 2 aromatic rings. The lowest BCUT2D eigenvalue weighted by atomic mass is 10.0. The number of nitrogens with zero attached hydrogens (tertiary/aromatic N) is 2. The fourth-order valence-electron chi connectivity index (χ4n) is 4.27. The average molecular weight is 440 g/mol. The first kappa shape index (κ1) is 23.6. The van der Waals surface area contributed by atoms with E-state index >= 15 is 0 Å². The molecule has 0 aromatic heterocycles. The van der Waals surface area contributed by atoms with E-state index in [4.69, 9.17) is 9.47 Å². The summed E-state index contributed by atoms with van der Waals surface area (Å²) in [6.07, 6.45) is 1.98. The monoisotopic (exact) mass is 439 g/mol. The summed E-state index contributed by atoms with van der Waals surface area (Å²) in [5.74, 6) is 1.38. The van der Waals surface area contributed by atoms with Gasteiger partial charge in [-0.1, -0.05) is 12.1 Å². The Labute approximate surface area is 190 Å². The van der Waals surface area contributed by atoms with Gasteiger partial charge in [0.15, 0.2) is 0 Å². The van der Waals surface area contributed by atoms with Crippen molar-refractivity contribution in [2.45, 2.75) is 32.7 Å². The number of benzene rings is 2. The molecule has 172 valence electrons. The van der Waals surface area contributed by atoms with E-state index in [-0.39, 0.29) is 24.4 Å². The summed E-state index contributed by atoms with van der Waals surface area (Å²) < 4.78 is 10.9. The first-order chi connectivity index (χ1) is 15.5. The van der Waals surface area contributed by atoms with Gasteiger partial charge >= 0.3 is 0 Å². The lowest BCUT2D eigenvalue weighted by Gasteiger charge is -2.26. The van der Waals surface area contributed by atoms with Crippen LogP contribution in [0.5, 0.6) is 11.5 Å². The van der Waals surface area contributed by atoms with E-state index in [1.165, 1.54) is 0 Å². The summed E-state index contributed by atoms with van der Waals surface area (Å²) in [6, 6.07) is 13.1. The maximum absolute atomic E-state index is 12.8. The minimum atomic E-state index is -0.100. The smallest absolute Gasteiger partial charge is 0.253 e. The summed E-state index contributed by atoms with van der Waals surface area (Å²) in [7, 11) is 3.28. The molecule has 7 nitrogen and oxygen atoms in total. The van der Waals surface area contributed by atoms with Gasteiger partial charge in [0, 0.05) is 42.0 Å². The van der Waals surface area contributed by atoms with Crippen molar-refractivity contribution in [3.05, 3.63) is 53.6 Å². The molecule has 1 heterocycles. The molecule has 2 aromatic carbocycles. The second-order valence-electron chi connectivity index (χ2n) is 7.84. The molecule has 1 saturated heterocycles. The van der Waals surface area contributed by atoms with Crippen LogP contribution in [0.1, 0.15) is 48.7 Å². The van der Waals surface area contributed by atoms with Crippen molar-refractivity contribution >= 4 is 17.5 Å². The summed E-state index contributed by atoms with van der Waals surface area (Å²) >= 11 is 0. The Bertz CT molecular complexity index is 943. The van der Waals surface area contributed by atoms with Crippen molar-refractivity contribution in [3.8, 4) is 11.5 Å². The molecule has 3 rings (SSSR count). The highest BCUT2D eigenvalue weighted by Crippen LogP contribution is 2.38. The topological polar surface area (TPSA) is 71.1 Å². The van der Waals surface area contributed by atoms with Gasteiger partial charge in [0.05, 0.1) is 20.8 Å². The largest absolute Gasteiger partial charge is 0.497 e. The highest BCUT2D eigenvalue weighted by Gasteiger charge is 2.30. The summed E-state index contributed by atoms with van der Waals surface area (Å²) in [6.45, 7) is 6.32. The Hall–Kier alpha value is -3.06. The van der Waals surface area contributed by atoms with Gasteiger partial charge in [-0.2, -0.15) is 0 Å². The Balaban J connectivity index is 1.69. The van der Waals surface area contributed by atoms with Crippen LogP contribution in [-0.4, -0.2) is 62.0 Å². The molecule has 0 aliphatic carbocycles. The number of ether oxygens (including phenoxy) is 2. The van der Waals surface area contributed by atoms with Crippen molar-refractivity contribution in [3.63, 3.8) is 0 Å². The van der Waals surface area contributed by atoms with Crippen molar-refractivity contribution < 1.29 is 19.1 Å². The molecule has 32 heavy (non-hydrogen) atoms. The van der Waals surface area contributed by atoms with Crippen molar-refractivity contribution in [1.29, 1.82) is 0 Å².